The summed E-state index contributed by atoms with van der Waals surface area (Å²) in [5, 5.41) is 4.06. The van der Waals surface area contributed by atoms with Gasteiger partial charge in [-0.05, 0) is 24.6 Å². The van der Waals surface area contributed by atoms with Crippen LogP contribution in [-0.2, 0) is 0 Å². The standard InChI is InChI=1S/C11H11N3O/c1-8-3-2-4-10(5-8)14-7-9(6-13-14)11(12)15/h2-7H,1H3,(H2,12,15). The van der Waals surface area contributed by atoms with E-state index in [1.54, 1.807) is 10.9 Å². The lowest BCUT2D eigenvalue weighted by Gasteiger charge is -2.01. The van der Waals surface area contributed by atoms with Crippen molar-refractivity contribution in [3.8, 4) is 5.69 Å². The molecule has 0 aliphatic rings. The van der Waals surface area contributed by atoms with Gasteiger partial charge in [0, 0.05) is 6.20 Å². The molecule has 4 heteroatoms. The van der Waals surface area contributed by atoms with Gasteiger partial charge in [0.05, 0.1) is 17.4 Å². The summed E-state index contributed by atoms with van der Waals surface area (Å²) in [6, 6.07) is 7.85. The van der Waals surface area contributed by atoms with Gasteiger partial charge >= 0.3 is 0 Å². The highest BCUT2D eigenvalue weighted by Crippen LogP contribution is 2.09. The van der Waals surface area contributed by atoms with Gasteiger partial charge in [-0.1, -0.05) is 12.1 Å². The van der Waals surface area contributed by atoms with Crippen molar-refractivity contribution >= 4 is 5.91 Å². The van der Waals surface area contributed by atoms with Gasteiger partial charge in [-0.3, -0.25) is 4.79 Å². The van der Waals surface area contributed by atoms with Gasteiger partial charge in [0.2, 0.25) is 0 Å². The summed E-state index contributed by atoms with van der Waals surface area (Å²) < 4.78 is 1.63. The Balaban J connectivity index is 2.41. The van der Waals surface area contributed by atoms with Gasteiger partial charge in [0.1, 0.15) is 0 Å². The van der Waals surface area contributed by atoms with E-state index in [1.807, 2.05) is 31.2 Å². The molecule has 0 aliphatic carbocycles. The first-order valence-corrected chi connectivity index (χ1v) is 4.58. The zero-order valence-electron chi connectivity index (χ0n) is 8.34. The Kier molecular flexibility index (Phi) is 2.25. The normalized spacial score (nSPS) is 10.2. The molecule has 2 aromatic rings. The maximum atomic E-state index is 10.9. The number of carbonyl (C=O) groups is 1. The number of hydrogen-bond acceptors (Lipinski definition) is 2. The van der Waals surface area contributed by atoms with Crippen LogP contribution in [0.25, 0.3) is 5.69 Å². The van der Waals surface area contributed by atoms with E-state index < -0.39 is 5.91 Å². The molecule has 2 N–H and O–H groups in total. The Morgan fingerprint density at radius 3 is 2.87 bits per heavy atom. The molecule has 1 amide bonds. The Hall–Kier alpha value is -2.10. The first kappa shape index (κ1) is 9.45. The predicted molar refractivity (Wildman–Crippen MR) is 56.8 cm³/mol. The third-order valence-electron chi connectivity index (χ3n) is 2.13. The molecule has 0 bridgehead atoms. The molecule has 0 radical (unpaired) electrons. The fourth-order valence-corrected chi connectivity index (χ4v) is 1.36. The lowest BCUT2D eigenvalue weighted by atomic mass is 10.2. The minimum Gasteiger partial charge on any atom is -0.366 e. The van der Waals surface area contributed by atoms with Crippen molar-refractivity contribution in [1.29, 1.82) is 0 Å². The van der Waals surface area contributed by atoms with E-state index in [0.29, 0.717) is 5.56 Å². The number of benzene rings is 1. The largest absolute Gasteiger partial charge is 0.366 e. The molecule has 4 nitrogen and oxygen atoms in total. The van der Waals surface area contributed by atoms with Crippen LogP contribution >= 0.6 is 0 Å². The minimum atomic E-state index is -0.464. The first-order chi connectivity index (χ1) is 7.16. The molecular formula is C11H11N3O. The topological polar surface area (TPSA) is 60.9 Å². The first-order valence-electron chi connectivity index (χ1n) is 4.58. The zero-order valence-corrected chi connectivity index (χ0v) is 8.34. The number of nitrogens with two attached hydrogens (primary N) is 1. The van der Waals surface area contributed by atoms with Crippen LogP contribution in [0.3, 0.4) is 0 Å². The Labute approximate surface area is 87.3 Å². The summed E-state index contributed by atoms with van der Waals surface area (Å²) in [6.07, 6.45) is 3.09. The van der Waals surface area contributed by atoms with Crippen molar-refractivity contribution < 1.29 is 4.79 Å². The van der Waals surface area contributed by atoms with Crippen LogP contribution in [0.1, 0.15) is 15.9 Å². The number of amides is 1. The third kappa shape index (κ3) is 1.88. The molecule has 0 spiro atoms. The molecule has 1 heterocycles. The second-order valence-corrected chi connectivity index (χ2v) is 3.38. The van der Waals surface area contributed by atoms with Crippen molar-refractivity contribution in [3.05, 3.63) is 47.8 Å². The van der Waals surface area contributed by atoms with Gasteiger partial charge in [0.25, 0.3) is 5.91 Å². The van der Waals surface area contributed by atoms with E-state index in [2.05, 4.69) is 5.10 Å². The summed E-state index contributed by atoms with van der Waals surface area (Å²) in [5.74, 6) is -0.464. The highest BCUT2D eigenvalue weighted by atomic mass is 16.1. The van der Waals surface area contributed by atoms with Gasteiger partial charge in [-0.15, -0.1) is 0 Å². The van der Waals surface area contributed by atoms with Crippen LogP contribution in [0, 0.1) is 6.92 Å². The Morgan fingerprint density at radius 2 is 2.27 bits per heavy atom. The average molecular weight is 201 g/mol. The van der Waals surface area contributed by atoms with Crippen LogP contribution < -0.4 is 5.73 Å². The van der Waals surface area contributed by atoms with Crippen molar-refractivity contribution in [2.45, 2.75) is 6.92 Å². The maximum Gasteiger partial charge on any atom is 0.251 e. The number of primary amides is 1. The maximum absolute atomic E-state index is 10.9. The van der Waals surface area contributed by atoms with Gasteiger partial charge in [-0.25, -0.2) is 4.68 Å². The number of rotatable bonds is 2. The van der Waals surface area contributed by atoms with E-state index in [4.69, 9.17) is 5.73 Å². The minimum absolute atomic E-state index is 0.413. The third-order valence-corrected chi connectivity index (χ3v) is 2.13. The molecule has 0 unspecified atom stereocenters. The zero-order chi connectivity index (χ0) is 10.8. The number of hydrogen-bond donors (Lipinski definition) is 1. The SMILES string of the molecule is Cc1cccc(-n2cc(C(N)=O)cn2)c1. The molecule has 0 atom stereocenters. The number of carbonyl (C=O) groups excluding carboxylic acids is 1. The quantitative estimate of drug-likeness (QED) is 0.795. The van der Waals surface area contributed by atoms with Crippen LogP contribution in [0.15, 0.2) is 36.7 Å². The van der Waals surface area contributed by atoms with E-state index in [9.17, 15) is 4.79 Å². The van der Waals surface area contributed by atoms with Crippen LogP contribution in [-0.4, -0.2) is 15.7 Å². The molecule has 0 fully saturated rings. The Morgan fingerprint density at radius 1 is 1.47 bits per heavy atom. The van der Waals surface area contributed by atoms with Crippen molar-refractivity contribution in [2.24, 2.45) is 5.73 Å². The second-order valence-electron chi connectivity index (χ2n) is 3.38. The van der Waals surface area contributed by atoms with Crippen molar-refractivity contribution in [2.75, 3.05) is 0 Å². The van der Waals surface area contributed by atoms with E-state index in [0.717, 1.165) is 11.3 Å². The summed E-state index contributed by atoms with van der Waals surface area (Å²) in [4.78, 5) is 10.9. The Bertz CT molecular complexity index is 502. The summed E-state index contributed by atoms with van der Waals surface area (Å²) >= 11 is 0. The predicted octanol–water partition coefficient (Wildman–Crippen LogP) is 1.28. The lowest BCUT2D eigenvalue weighted by molar-refractivity contribution is 0.100. The molecule has 76 valence electrons. The van der Waals surface area contributed by atoms with Gasteiger partial charge in [-0.2, -0.15) is 5.10 Å². The molecule has 0 saturated carbocycles. The van der Waals surface area contributed by atoms with Gasteiger partial charge < -0.3 is 5.73 Å². The van der Waals surface area contributed by atoms with E-state index in [1.165, 1.54) is 6.20 Å². The van der Waals surface area contributed by atoms with Gasteiger partial charge in [0.15, 0.2) is 0 Å². The van der Waals surface area contributed by atoms with E-state index >= 15 is 0 Å². The van der Waals surface area contributed by atoms with Crippen molar-refractivity contribution in [1.82, 2.24) is 9.78 Å². The van der Waals surface area contributed by atoms with Crippen LogP contribution in [0.4, 0.5) is 0 Å². The summed E-state index contributed by atoms with van der Waals surface area (Å²) in [7, 11) is 0. The lowest BCUT2D eigenvalue weighted by Crippen LogP contribution is -2.09. The smallest absolute Gasteiger partial charge is 0.251 e. The second kappa shape index (κ2) is 3.57. The molecule has 0 saturated heterocycles. The number of nitrogens with zero attached hydrogens (tertiary/aromatic N) is 2. The molecule has 1 aromatic heterocycles. The van der Waals surface area contributed by atoms with Crippen LogP contribution in [0.2, 0.25) is 0 Å². The fraction of sp³-hybridized carbons (Fsp3) is 0.0909. The average Bonchev–Trinajstić information content (AvgIpc) is 2.66. The van der Waals surface area contributed by atoms with Crippen molar-refractivity contribution in [3.63, 3.8) is 0 Å². The van der Waals surface area contributed by atoms with Crippen LogP contribution in [0.5, 0.6) is 0 Å². The summed E-state index contributed by atoms with van der Waals surface area (Å²) in [5.41, 5.74) is 7.62. The fourth-order valence-electron chi connectivity index (χ4n) is 1.36. The van der Waals surface area contributed by atoms with E-state index in [-0.39, 0.29) is 0 Å². The molecule has 1 aromatic carbocycles. The highest BCUT2D eigenvalue weighted by Gasteiger charge is 2.04. The molecular weight excluding hydrogens is 190 g/mol. The molecule has 0 aliphatic heterocycles. The number of aromatic nitrogens is 2. The monoisotopic (exact) mass is 201 g/mol. The number of aryl methyl sites for hydroxylation is 1. The summed E-state index contributed by atoms with van der Waals surface area (Å²) in [6.45, 7) is 2.00. The highest BCUT2D eigenvalue weighted by molar-refractivity contribution is 5.92. The molecule has 2 rings (SSSR count). The molecule has 15 heavy (non-hydrogen) atoms.